The zero-order chi connectivity index (χ0) is 10.7. The van der Waals surface area contributed by atoms with E-state index in [4.69, 9.17) is 5.73 Å². The predicted octanol–water partition coefficient (Wildman–Crippen LogP) is -0.883. The van der Waals surface area contributed by atoms with Crippen LogP contribution in [0.5, 0.6) is 0 Å². The lowest BCUT2D eigenvalue weighted by Gasteiger charge is -2.15. The molecule has 1 aliphatic carbocycles. The third kappa shape index (κ3) is 3.33. The number of amides is 2. The first-order valence-electron chi connectivity index (χ1n) is 4.87. The highest BCUT2D eigenvalue weighted by Crippen LogP contribution is 2.18. The van der Waals surface area contributed by atoms with Crippen molar-refractivity contribution in [1.29, 1.82) is 0 Å². The molecule has 14 heavy (non-hydrogen) atoms. The summed E-state index contributed by atoms with van der Waals surface area (Å²) in [4.78, 5) is 22.5. The molecule has 0 aromatic rings. The molecule has 1 fully saturated rings. The van der Waals surface area contributed by atoms with Crippen molar-refractivity contribution in [2.45, 2.75) is 44.8 Å². The van der Waals surface area contributed by atoms with Gasteiger partial charge in [0.25, 0.3) is 0 Å². The molecule has 2 amide bonds. The van der Waals surface area contributed by atoms with E-state index in [1.807, 2.05) is 0 Å². The third-order valence-electron chi connectivity index (χ3n) is 2.09. The number of nitrogens with one attached hydrogen (secondary N) is 2. The van der Waals surface area contributed by atoms with Gasteiger partial charge in [-0.2, -0.15) is 0 Å². The highest BCUT2D eigenvalue weighted by Gasteiger charge is 2.26. The molecule has 0 spiro atoms. The van der Waals surface area contributed by atoms with Gasteiger partial charge in [-0.1, -0.05) is 0 Å². The number of hydrogen-bond donors (Lipinski definition) is 3. The Bertz CT molecular complexity index is 236. The molecule has 0 bridgehead atoms. The summed E-state index contributed by atoms with van der Waals surface area (Å²) >= 11 is 0. The molecule has 0 saturated heterocycles. The topological polar surface area (TPSA) is 84.2 Å². The summed E-state index contributed by atoms with van der Waals surface area (Å²) in [5.41, 5.74) is 5.35. The molecule has 0 aromatic heterocycles. The molecule has 1 unspecified atom stereocenters. The number of hydrogen-bond acceptors (Lipinski definition) is 3. The van der Waals surface area contributed by atoms with Crippen LogP contribution >= 0.6 is 0 Å². The van der Waals surface area contributed by atoms with E-state index >= 15 is 0 Å². The third-order valence-corrected chi connectivity index (χ3v) is 2.09. The maximum absolute atomic E-state index is 11.4. The average molecular weight is 199 g/mol. The molecule has 80 valence electrons. The van der Waals surface area contributed by atoms with E-state index in [1.54, 1.807) is 13.8 Å². The molecule has 0 aromatic carbocycles. The summed E-state index contributed by atoms with van der Waals surface area (Å²) in [5, 5.41) is 5.34. The molecule has 1 saturated carbocycles. The Morgan fingerprint density at radius 1 is 1.29 bits per heavy atom. The Morgan fingerprint density at radius 2 is 1.86 bits per heavy atom. The minimum absolute atomic E-state index is 0.137. The van der Waals surface area contributed by atoms with Gasteiger partial charge < -0.3 is 16.4 Å². The van der Waals surface area contributed by atoms with E-state index < -0.39 is 12.1 Å². The Labute approximate surface area is 83.4 Å². The van der Waals surface area contributed by atoms with Crippen molar-refractivity contribution in [3.63, 3.8) is 0 Å². The van der Waals surface area contributed by atoms with Crippen LogP contribution in [-0.4, -0.2) is 29.9 Å². The maximum Gasteiger partial charge on any atom is 0.242 e. The van der Waals surface area contributed by atoms with Gasteiger partial charge in [0, 0.05) is 6.04 Å². The number of nitrogens with two attached hydrogens (primary N) is 1. The van der Waals surface area contributed by atoms with Crippen molar-refractivity contribution in [3.05, 3.63) is 0 Å². The van der Waals surface area contributed by atoms with Crippen LogP contribution in [0.2, 0.25) is 0 Å². The van der Waals surface area contributed by atoms with E-state index in [1.165, 1.54) is 0 Å². The second kappa shape index (κ2) is 4.41. The van der Waals surface area contributed by atoms with E-state index in [2.05, 4.69) is 10.6 Å². The van der Waals surface area contributed by atoms with Crippen molar-refractivity contribution in [3.8, 4) is 0 Å². The molecule has 1 rings (SSSR count). The van der Waals surface area contributed by atoms with Crippen LogP contribution in [0.4, 0.5) is 0 Å². The zero-order valence-corrected chi connectivity index (χ0v) is 8.54. The number of carbonyl (C=O) groups is 2. The van der Waals surface area contributed by atoms with Crippen molar-refractivity contribution in [2.75, 3.05) is 0 Å². The van der Waals surface area contributed by atoms with E-state index in [9.17, 15) is 9.59 Å². The molecule has 4 N–H and O–H groups in total. The highest BCUT2D eigenvalue weighted by atomic mass is 16.2. The van der Waals surface area contributed by atoms with Gasteiger partial charge in [-0.3, -0.25) is 9.59 Å². The minimum atomic E-state index is -0.578. The van der Waals surface area contributed by atoms with E-state index in [0.29, 0.717) is 6.04 Å². The van der Waals surface area contributed by atoms with Crippen LogP contribution in [0.1, 0.15) is 26.7 Å². The highest BCUT2D eigenvalue weighted by molar-refractivity contribution is 5.89. The van der Waals surface area contributed by atoms with Crippen molar-refractivity contribution < 1.29 is 9.59 Å². The van der Waals surface area contributed by atoms with Crippen molar-refractivity contribution in [1.82, 2.24) is 10.6 Å². The van der Waals surface area contributed by atoms with Gasteiger partial charge in [-0.15, -0.1) is 0 Å². The van der Waals surface area contributed by atoms with Crippen LogP contribution in [0.15, 0.2) is 0 Å². The standard InChI is InChI=1S/C9H17N3O2/c1-5(10)8(13)11-6(2)9(14)12-7-3-4-7/h5-7H,3-4,10H2,1-2H3,(H,11,13)(H,12,14)/t5-,6?/m0/s1. The largest absolute Gasteiger partial charge is 0.352 e. The Hall–Kier alpha value is -1.10. The van der Waals surface area contributed by atoms with Gasteiger partial charge in [-0.25, -0.2) is 0 Å². The van der Waals surface area contributed by atoms with Gasteiger partial charge in [0.15, 0.2) is 0 Å². The fraction of sp³-hybridized carbons (Fsp3) is 0.778. The molecule has 1 aliphatic rings. The van der Waals surface area contributed by atoms with Crippen LogP contribution < -0.4 is 16.4 Å². The molecule has 0 heterocycles. The second-order valence-corrected chi connectivity index (χ2v) is 3.80. The first kappa shape index (κ1) is 11.0. The average Bonchev–Trinajstić information content (AvgIpc) is 2.87. The lowest BCUT2D eigenvalue weighted by Crippen LogP contribution is -2.49. The first-order valence-corrected chi connectivity index (χ1v) is 4.87. The number of carbonyl (C=O) groups excluding carboxylic acids is 2. The fourth-order valence-corrected chi connectivity index (χ4v) is 0.964. The minimum Gasteiger partial charge on any atom is -0.352 e. The molecular formula is C9H17N3O2. The summed E-state index contributed by atoms with van der Waals surface area (Å²) in [7, 11) is 0. The molecule has 0 aliphatic heterocycles. The van der Waals surface area contributed by atoms with Crippen LogP contribution in [-0.2, 0) is 9.59 Å². The summed E-state index contributed by atoms with van der Waals surface area (Å²) in [5.74, 6) is -0.440. The van der Waals surface area contributed by atoms with Crippen LogP contribution in [0.25, 0.3) is 0 Å². The van der Waals surface area contributed by atoms with Crippen molar-refractivity contribution in [2.24, 2.45) is 5.73 Å². The lowest BCUT2D eigenvalue weighted by molar-refractivity contribution is -0.129. The monoisotopic (exact) mass is 199 g/mol. The van der Waals surface area contributed by atoms with Gasteiger partial charge in [0.2, 0.25) is 11.8 Å². The van der Waals surface area contributed by atoms with Crippen molar-refractivity contribution >= 4 is 11.8 Å². The maximum atomic E-state index is 11.4. The normalized spacial score (nSPS) is 19.6. The van der Waals surface area contributed by atoms with Gasteiger partial charge in [-0.05, 0) is 26.7 Å². The SMILES string of the molecule is CC(NC(=O)[C@H](C)N)C(=O)NC1CC1. The first-order chi connectivity index (χ1) is 6.50. The quantitative estimate of drug-likeness (QED) is 0.549. The summed E-state index contributed by atoms with van der Waals surface area (Å²) in [6, 6.07) is -0.766. The lowest BCUT2D eigenvalue weighted by atomic mass is 10.2. The van der Waals surface area contributed by atoms with Gasteiger partial charge in [0.05, 0.1) is 6.04 Å². The fourth-order valence-electron chi connectivity index (χ4n) is 0.964. The van der Waals surface area contributed by atoms with Crippen LogP contribution in [0, 0.1) is 0 Å². The molecule has 5 heteroatoms. The Balaban J connectivity index is 2.28. The van der Waals surface area contributed by atoms with Gasteiger partial charge in [0.1, 0.15) is 6.04 Å². The zero-order valence-electron chi connectivity index (χ0n) is 8.54. The molecule has 2 atom stereocenters. The second-order valence-electron chi connectivity index (χ2n) is 3.80. The molecule has 0 radical (unpaired) electrons. The Morgan fingerprint density at radius 3 is 2.29 bits per heavy atom. The van der Waals surface area contributed by atoms with E-state index in [-0.39, 0.29) is 11.8 Å². The Kier molecular flexibility index (Phi) is 3.46. The predicted molar refractivity (Wildman–Crippen MR) is 52.4 cm³/mol. The summed E-state index contributed by atoms with van der Waals surface area (Å²) in [6.07, 6.45) is 2.08. The summed E-state index contributed by atoms with van der Waals surface area (Å²) in [6.45, 7) is 3.23. The van der Waals surface area contributed by atoms with Crippen LogP contribution in [0.3, 0.4) is 0 Å². The smallest absolute Gasteiger partial charge is 0.242 e. The van der Waals surface area contributed by atoms with E-state index in [0.717, 1.165) is 12.8 Å². The van der Waals surface area contributed by atoms with Gasteiger partial charge >= 0.3 is 0 Å². The number of rotatable bonds is 4. The molecular weight excluding hydrogens is 182 g/mol. The summed E-state index contributed by atoms with van der Waals surface area (Å²) < 4.78 is 0. The molecule has 5 nitrogen and oxygen atoms in total.